The largest absolute Gasteiger partial charge is 0.372 e. The van der Waals surface area contributed by atoms with E-state index in [-0.39, 0.29) is 11.8 Å². The number of hydrogen-bond acceptors (Lipinski definition) is 5. The molecule has 0 atom stereocenters. The zero-order chi connectivity index (χ0) is 19.6. The summed E-state index contributed by atoms with van der Waals surface area (Å²) in [5.74, 6) is -0.185. The molecule has 0 aliphatic carbocycles. The van der Waals surface area contributed by atoms with Crippen LogP contribution in [0.4, 0.5) is 11.4 Å². The molecule has 2 aliphatic heterocycles. The lowest BCUT2D eigenvalue weighted by molar-refractivity contribution is -0.120. The topological polar surface area (TPSA) is 69.7 Å². The summed E-state index contributed by atoms with van der Waals surface area (Å²) in [4.78, 5) is 15.0. The first kappa shape index (κ1) is 19.4. The van der Waals surface area contributed by atoms with Gasteiger partial charge in [-0.05, 0) is 61.4 Å². The summed E-state index contributed by atoms with van der Waals surface area (Å²) in [7, 11) is -3.42. The predicted molar refractivity (Wildman–Crippen MR) is 112 cm³/mol. The fourth-order valence-electron chi connectivity index (χ4n) is 3.87. The van der Waals surface area contributed by atoms with Crippen LogP contribution in [-0.2, 0) is 14.8 Å². The molecule has 0 saturated carbocycles. The van der Waals surface area contributed by atoms with Gasteiger partial charge >= 0.3 is 0 Å². The van der Waals surface area contributed by atoms with Crippen LogP contribution in [0.25, 0.3) is 0 Å². The Morgan fingerprint density at radius 1 is 1.00 bits per heavy atom. The SMILES string of the molecule is O=C(Nc1ccc(N2CCCC2)cc1)C1CCN(S(=O)(=O)c2cccs2)CC1. The highest BCUT2D eigenvalue weighted by atomic mass is 32.2. The van der Waals surface area contributed by atoms with Crippen molar-refractivity contribution in [2.45, 2.75) is 29.9 Å². The number of piperidine rings is 1. The Hall–Kier alpha value is -1.90. The minimum Gasteiger partial charge on any atom is -0.372 e. The van der Waals surface area contributed by atoms with E-state index in [9.17, 15) is 13.2 Å². The second-order valence-corrected chi connectivity index (χ2v) is 10.5. The second kappa shape index (κ2) is 8.23. The Balaban J connectivity index is 1.32. The van der Waals surface area contributed by atoms with Gasteiger partial charge in [0.2, 0.25) is 5.91 Å². The molecule has 1 aromatic carbocycles. The number of benzene rings is 1. The van der Waals surface area contributed by atoms with E-state index >= 15 is 0 Å². The molecule has 8 heteroatoms. The number of amides is 1. The molecule has 2 fully saturated rings. The summed E-state index contributed by atoms with van der Waals surface area (Å²) in [5, 5.41) is 4.75. The Labute approximate surface area is 170 Å². The summed E-state index contributed by atoms with van der Waals surface area (Å²) in [6.45, 7) is 2.95. The van der Waals surface area contributed by atoms with E-state index in [1.807, 2.05) is 12.1 Å². The van der Waals surface area contributed by atoms with Crippen molar-refractivity contribution < 1.29 is 13.2 Å². The van der Waals surface area contributed by atoms with Crippen LogP contribution in [0, 0.1) is 5.92 Å². The third kappa shape index (κ3) is 4.09. The predicted octanol–water partition coefficient (Wildman–Crippen LogP) is 3.39. The Kier molecular flexibility index (Phi) is 5.70. The number of sulfonamides is 1. The van der Waals surface area contributed by atoms with E-state index in [1.165, 1.54) is 34.2 Å². The van der Waals surface area contributed by atoms with Gasteiger partial charge in [0.25, 0.3) is 10.0 Å². The number of anilines is 2. The van der Waals surface area contributed by atoms with Crippen LogP contribution in [0.5, 0.6) is 0 Å². The third-order valence-electron chi connectivity index (χ3n) is 5.52. The second-order valence-electron chi connectivity index (χ2n) is 7.34. The molecule has 1 aromatic heterocycles. The van der Waals surface area contributed by atoms with E-state index < -0.39 is 10.0 Å². The fraction of sp³-hybridized carbons (Fsp3) is 0.450. The summed E-state index contributed by atoms with van der Waals surface area (Å²) in [6.07, 6.45) is 3.56. The van der Waals surface area contributed by atoms with Gasteiger partial charge in [-0.15, -0.1) is 11.3 Å². The van der Waals surface area contributed by atoms with Crippen molar-refractivity contribution in [1.82, 2.24) is 4.31 Å². The number of thiophene rings is 1. The van der Waals surface area contributed by atoms with Crippen molar-refractivity contribution in [3.63, 3.8) is 0 Å². The molecule has 2 saturated heterocycles. The highest BCUT2D eigenvalue weighted by Crippen LogP contribution is 2.27. The van der Waals surface area contributed by atoms with Gasteiger partial charge in [-0.2, -0.15) is 4.31 Å². The molecule has 0 unspecified atom stereocenters. The average Bonchev–Trinajstić information content (AvgIpc) is 3.43. The number of nitrogens with one attached hydrogen (secondary N) is 1. The Morgan fingerprint density at radius 3 is 2.29 bits per heavy atom. The van der Waals surface area contributed by atoms with E-state index in [4.69, 9.17) is 0 Å². The van der Waals surface area contributed by atoms with Gasteiger partial charge in [-0.3, -0.25) is 4.79 Å². The van der Waals surface area contributed by atoms with Crippen molar-refractivity contribution in [1.29, 1.82) is 0 Å². The quantitative estimate of drug-likeness (QED) is 0.807. The van der Waals surface area contributed by atoms with E-state index in [1.54, 1.807) is 17.5 Å². The lowest BCUT2D eigenvalue weighted by Crippen LogP contribution is -2.41. The van der Waals surface area contributed by atoms with Crippen LogP contribution in [0.3, 0.4) is 0 Å². The van der Waals surface area contributed by atoms with E-state index in [0.717, 1.165) is 18.8 Å². The monoisotopic (exact) mass is 419 g/mol. The van der Waals surface area contributed by atoms with Crippen molar-refractivity contribution in [2.24, 2.45) is 5.92 Å². The van der Waals surface area contributed by atoms with Crippen LogP contribution in [0.2, 0.25) is 0 Å². The minimum absolute atomic E-state index is 0.0258. The molecule has 4 rings (SSSR count). The molecule has 1 N–H and O–H groups in total. The molecule has 2 aliphatic rings. The van der Waals surface area contributed by atoms with Gasteiger partial charge in [-0.1, -0.05) is 6.07 Å². The maximum atomic E-state index is 12.6. The number of carbonyl (C=O) groups is 1. The van der Waals surface area contributed by atoms with Crippen molar-refractivity contribution >= 4 is 38.6 Å². The van der Waals surface area contributed by atoms with Crippen LogP contribution >= 0.6 is 11.3 Å². The van der Waals surface area contributed by atoms with Crippen LogP contribution in [0.15, 0.2) is 46.0 Å². The molecule has 3 heterocycles. The Bertz CT molecular complexity index is 897. The zero-order valence-electron chi connectivity index (χ0n) is 15.7. The van der Waals surface area contributed by atoms with Gasteiger partial charge in [-0.25, -0.2) is 8.42 Å². The highest BCUT2D eigenvalue weighted by molar-refractivity contribution is 7.91. The molecule has 150 valence electrons. The minimum atomic E-state index is -3.42. The number of rotatable bonds is 5. The molecule has 28 heavy (non-hydrogen) atoms. The Morgan fingerprint density at radius 2 is 1.68 bits per heavy atom. The standard InChI is InChI=1S/C20H25N3O3S2/c24-20(21-17-5-7-18(8-6-17)22-11-1-2-12-22)16-9-13-23(14-10-16)28(25,26)19-4-3-15-27-19/h3-8,15-16H,1-2,9-14H2,(H,21,24). The van der Waals surface area contributed by atoms with Gasteiger partial charge < -0.3 is 10.2 Å². The third-order valence-corrected chi connectivity index (χ3v) is 8.79. The molecule has 0 spiro atoms. The number of hydrogen-bond donors (Lipinski definition) is 1. The molecular formula is C20H25N3O3S2. The lowest BCUT2D eigenvalue weighted by atomic mass is 9.97. The van der Waals surface area contributed by atoms with Crippen LogP contribution in [0.1, 0.15) is 25.7 Å². The smallest absolute Gasteiger partial charge is 0.252 e. The number of carbonyl (C=O) groups excluding carboxylic acids is 1. The van der Waals surface area contributed by atoms with Crippen molar-refractivity contribution in [3.05, 3.63) is 41.8 Å². The average molecular weight is 420 g/mol. The first-order chi connectivity index (χ1) is 13.5. The molecule has 0 bridgehead atoms. The zero-order valence-corrected chi connectivity index (χ0v) is 17.3. The van der Waals surface area contributed by atoms with Crippen molar-refractivity contribution in [2.75, 3.05) is 36.4 Å². The normalized spacial score (nSPS) is 19.1. The van der Waals surface area contributed by atoms with Gasteiger partial charge in [0.15, 0.2) is 0 Å². The van der Waals surface area contributed by atoms with Crippen LogP contribution in [-0.4, -0.2) is 44.8 Å². The van der Waals surface area contributed by atoms with E-state index in [0.29, 0.717) is 30.1 Å². The maximum absolute atomic E-state index is 12.6. The summed E-state index contributed by atoms with van der Waals surface area (Å²) in [5.41, 5.74) is 1.99. The molecular weight excluding hydrogens is 394 g/mol. The van der Waals surface area contributed by atoms with E-state index in [2.05, 4.69) is 22.3 Å². The number of nitrogens with zero attached hydrogens (tertiary/aromatic N) is 2. The summed E-state index contributed by atoms with van der Waals surface area (Å²) in [6, 6.07) is 11.4. The van der Waals surface area contributed by atoms with Gasteiger partial charge in [0.05, 0.1) is 0 Å². The first-order valence-electron chi connectivity index (χ1n) is 9.73. The lowest BCUT2D eigenvalue weighted by Gasteiger charge is -2.30. The highest BCUT2D eigenvalue weighted by Gasteiger charge is 2.32. The van der Waals surface area contributed by atoms with Crippen molar-refractivity contribution in [3.8, 4) is 0 Å². The fourth-order valence-corrected chi connectivity index (χ4v) is 6.49. The molecule has 0 radical (unpaired) electrons. The molecule has 6 nitrogen and oxygen atoms in total. The van der Waals surface area contributed by atoms with Gasteiger partial charge in [0.1, 0.15) is 4.21 Å². The summed E-state index contributed by atoms with van der Waals surface area (Å²) >= 11 is 1.23. The molecule has 2 aromatic rings. The maximum Gasteiger partial charge on any atom is 0.252 e. The van der Waals surface area contributed by atoms with Gasteiger partial charge in [0, 0.05) is 43.5 Å². The summed E-state index contributed by atoms with van der Waals surface area (Å²) < 4.78 is 27.0. The molecule has 1 amide bonds. The van der Waals surface area contributed by atoms with Crippen LogP contribution < -0.4 is 10.2 Å². The first-order valence-corrected chi connectivity index (χ1v) is 12.1.